The van der Waals surface area contributed by atoms with Gasteiger partial charge in [0.1, 0.15) is 5.82 Å². The fourth-order valence-electron chi connectivity index (χ4n) is 1.19. The molecule has 0 radical (unpaired) electrons. The topological polar surface area (TPSA) is 59.4 Å². The zero-order valence-electron chi connectivity index (χ0n) is 8.31. The second-order valence-electron chi connectivity index (χ2n) is 3.23. The highest BCUT2D eigenvalue weighted by atomic mass is 32.1. The van der Waals surface area contributed by atoms with Crippen LogP contribution in [-0.4, -0.2) is 21.6 Å². The third kappa shape index (κ3) is 1.96. The molecule has 4 nitrogen and oxygen atoms in total. The number of aliphatic carboxylic acids is 1. The van der Waals surface area contributed by atoms with Crippen LogP contribution >= 0.6 is 11.5 Å². The van der Waals surface area contributed by atoms with Gasteiger partial charge in [0.2, 0.25) is 5.88 Å². The number of halogens is 1. The van der Waals surface area contributed by atoms with E-state index in [1.807, 2.05) is 0 Å². The van der Waals surface area contributed by atoms with Gasteiger partial charge in [0.05, 0.1) is 10.1 Å². The minimum atomic E-state index is -1.09. The monoisotopic (exact) mass is 241 g/mol. The number of carbonyl (C=O) groups is 1. The average molecular weight is 241 g/mol. The number of hydrogen-bond donors (Lipinski definition) is 1. The predicted molar refractivity (Wildman–Crippen MR) is 57.3 cm³/mol. The van der Waals surface area contributed by atoms with Gasteiger partial charge in [0, 0.05) is 0 Å². The molecule has 0 bridgehead atoms. The molecule has 1 unspecified atom stereocenters. The Bertz CT molecular complexity index is 540. The first-order valence-corrected chi connectivity index (χ1v) is 5.29. The molecule has 0 saturated carbocycles. The maximum atomic E-state index is 13.0. The van der Waals surface area contributed by atoms with Crippen LogP contribution < -0.4 is 4.74 Å². The molecule has 1 N–H and O–H groups in total. The Morgan fingerprint density at radius 3 is 3.06 bits per heavy atom. The summed E-state index contributed by atoms with van der Waals surface area (Å²) in [4.78, 5) is 10.6. The summed E-state index contributed by atoms with van der Waals surface area (Å²) in [6.45, 7) is 1.40. The van der Waals surface area contributed by atoms with Crippen molar-refractivity contribution >= 4 is 27.6 Å². The molecule has 0 aliphatic carbocycles. The van der Waals surface area contributed by atoms with Crippen molar-refractivity contribution in [1.29, 1.82) is 0 Å². The van der Waals surface area contributed by atoms with Gasteiger partial charge < -0.3 is 9.84 Å². The van der Waals surface area contributed by atoms with Crippen molar-refractivity contribution < 1.29 is 19.0 Å². The highest BCUT2D eigenvalue weighted by Gasteiger charge is 2.16. The Morgan fingerprint density at radius 2 is 2.38 bits per heavy atom. The van der Waals surface area contributed by atoms with E-state index in [2.05, 4.69) is 4.37 Å². The third-order valence-electron chi connectivity index (χ3n) is 2.04. The van der Waals surface area contributed by atoms with Crippen molar-refractivity contribution in [1.82, 2.24) is 4.37 Å². The summed E-state index contributed by atoms with van der Waals surface area (Å²) >= 11 is 1.14. The maximum absolute atomic E-state index is 13.0. The van der Waals surface area contributed by atoms with Crippen LogP contribution in [0.1, 0.15) is 6.92 Å². The lowest BCUT2D eigenvalue weighted by atomic mass is 10.2. The minimum Gasteiger partial charge on any atom is -0.479 e. The summed E-state index contributed by atoms with van der Waals surface area (Å²) in [6, 6.07) is 4.19. The van der Waals surface area contributed by atoms with Crippen LogP contribution in [0.15, 0.2) is 18.2 Å². The number of ether oxygens (including phenoxy) is 1. The van der Waals surface area contributed by atoms with Gasteiger partial charge in [-0.15, -0.1) is 0 Å². The van der Waals surface area contributed by atoms with Crippen LogP contribution in [-0.2, 0) is 4.79 Å². The lowest BCUT2D eigenvalue weighted by Gasteiger charge is -2.07. The zero-order chi connectivity index (χ0) is 11.7. The Kier molecular flexibility index (Phi) is 2.74. The fraction of sp³-hybridized carbons (Fsp3) is 0.200. The summed E-state index contributed by atoms with van der Waals surface area (Å²) in [5.41, 5.74) is 0. The van der Waals surface area contributed by atoms with E-state index in [9.17, 15) is 9.18 Å². The molecule has 0 fully saturated rings. The van der Waals surface area contributed by atoms with Gasteiger partial charge in [-0.2, -0.15) is 4.37 Å². The van der Waals surface area contributed by atoms with Crippen LogP contribution in [0.25, 0.3) is 10.1 Å². The Hall–Kier alpha value is -1.69. The lowest BCUT2D eigenvalue weighted by molar-refractivity contribution is -0.144. The highest BCUT2D eigenvalue weighted by molar-refractivity contribution is 7.13. The van der Waals surface area contributed by atoms with Gasteiger partial charge in [-0.3, -0.25) is 0 Å². The standard InChI is InChI=1S/C10H8FNO3S/c1-5(10(13)14)15-9-7-4-6(11)2-3-8(7)16-12-9/h2-5H,1H3,(H,13,14). The molecule has 2 rings (SSSR count). The molecule has 1 heterocycles. The van der Waals surface area contributed by atoms with Gasteiger partial charge in [0.25, 0.3) is 0 Å². The molecular formula is C10H8FNO3S. The van der Waals surface area contributed by atoms with Crippen molar-refractivity contribution in [2.24, 2.45) is 0 Å². The maximum Gasteiger partial charge on any atom is 0.344 e. The molecule has 84 valence electrons. The van der Waals surface area contributed by atoms with Crippen molar-refractivity contribution in [3.63, 3.8) is 0 Å². The molecular weight excluding hydrogens is 233 g/mol. The van der Waals surface area contributed by atoms with Crippen LogP contribution in [0, 0.1) is 5.82 Å². The van der Waals surface area contributed by atoms with Crippen molar-refractivity contribution in [2.75, 3.05) is 0 Å². The predicted octanol–water partition coefficient (Wildman–Crippen LogP) is 2.29. The van der Waals surface area contributed by atoms with E-state index < -0.39 is 17.9 Å². The van der Waals surface area contributed by atoms with E-state index in [0.717, 1.165) is 16.2 Å². The number of hydrogen-bond acceptors (Lipinski definition) is 4. The first-order valence-electron chi connectivity index (χ1n) is 4.52. The molecule has 0 saturated heterocycles. The number of nitrogens with zero attached hydrogens (tertiary/aromatic N) is 1. The first kappa shape index (κ1) is 10.8. The molecule has 0 aliphatic rings. The van der Waals surface area contributed by atoms with Gasteiger partial charge in [-0.25, -0.2) is 9.18 Å². The van der Waals surface area contributed by atoms with Gasteiger partial charge >= 0.3 is 5.97 Å². The smallest absolute Gasteiger partial charge is 0.344 e. The molecule has 1 aromatic heterocycles. The third-order valence-corrected chi connectivity index (χ3v) is 2.84. The molecule has 1 aromatic carbocycles. The number of rotatable bonds is 3. The Balaban J connectivity index is 2.37. The molecule has 16 heavy (non-hydrogen) atoms. The first-order chi connectivity index (χ1) is 7.58. The summed E-state index contributed by atoms with van der Waals surface area (Å²) in [5.74, 6) is -1.33. The van der Waals surface area contributed by atoms with Gasteiger partial charge in [-0.1, -0.05) is 0 Å². The molecule has 2 aromatic rings. The average Bonchev–Trinajstić information content (AvgIpc) is 2.61. The van der Waals surface area contributed by atoms with E-state index in [1.165, 1.54) is 19.1 Å². The summed E-state index contributed by atoms with van der Waals surface area (Å²) in [7, 11) is 0. The second-order valence-corrected chi connectivity index (χ2v) is 4.03. The molecule has 6 heteroatoms. The summed E-state index contributed by atoms with van der Waals surface area (Å²) in [6.07, 6.45) is -1.01. The van der Waals surface area contributed by atoms with Gasteiger partial charge in [0.15, 0.2) is 6.10 Å². The highest BCUT2D eigenvalue weighted by Crippen LogP contribution is 2.29. The molecule has 0 amide bonds. The molecule has 0 aliphatic heterocycles. The zero-order valence-corrected chi connectivity index (χ0v) is 9.12. The fourth-order valence-corrected chi connectivity index (χ4v) is 1.89. The van der Waals surface area contributed by atoms with Crippen LogP contribution in [0.4, 0.5) is 4.39 Å². The quantitative estimate of drug-likeness (QED) is 0.895. The summed E-state index contributed by atoms with van der Waals surface area (Å²) in [5, 5.41) is 9.18. The van der Waals surface area contributed by atoms with E-state index >= 15 is 0 Å². The number of benzene rings is 1. The molecule has 1 atom stereocenters. The second kappa shape index (κ2) is 4.05. The number of carboxylic acid groups (broad SMARTS) is 1. The molecule has 0 spiro atoms. The van der Waals surface area contributed by atoms with Crippen LogP contribution in [0.3, 0.4) is 0 Å². The summed E-state index contributed by atoms with van der Waals surface area (Å²) < 4.78 is 22.8. The number of fused-ring (bicyclic) bond motifs is 1. The van der Waals surface area contributed by atoms with E-state index in [-0.39, 0.29) is 5.88 Å². The minimum absolute atomic E-state index is 0.161. The van der Waals surface area contributed by atoms with Crippen LogP contribution in [0.5, 0.6) is 5.88 Å². The SMILES string of the molecule is CC(Oc1nsc2ccc(F)cc12)C(=O)O. The Morgan fingerprint density at radius 1 is 1.62 bits per heavy atom. The van der Waals surface area contributed by atoms with Crippen molar-refractivity contribution in [3.8, 4) is 5.88 Å². The van der Waals surface area contributed by atoms with Crippen molar-refractivity contribution in [2.45, 2.75) is 13.0 Å². The van der Waals surface area contributed by atoms with Crippen molar-refractivity contribution in [3.05, 3.63) is 24.0 Å². The normalized spacial score (nSPS) is 12.6. The Labute approximate surface area is 94.4 Å². The number of carboxylic acids is 1. The van der Waals surface area contributed by atoms with E-state index in [4.69, 9.17) is 9.84 Å². The van der Waals surface area contributed by atoms with E-state index in [0.29, 0.717) is 5.39 Å². The largest absolute Gasteiger partial charge is 0.479 e. The van der Waals surface area contributed by atoms with Crippen LogP contribution in [0.2, 0.25) is 0 Å². The lowest BCUT2D eigenvalue weighted by Crippen LogP contribution is -2.23. The van der Waals surface area contributed by atoms with E-state index in [1.54, 1.807) is 6.07 Å². The van der Waals surface area contributed by atoms with Gasteiger partial charge in [-0.05, 0) is 36.7 Å². The number of aromatic nitrogens is 1.